The number of nitrogens with one attached hydrogen (secondary N) is 2. The van der Waals surface area contributed by atoms with Crippen molar-refractivity contribution in [3.05, 3.63) is 17.6 Å². The van der Waals surface area contributed by atoms with Crippen molar-refractivity contribution in [1.82, 2.24) is 9.97 Å². The van der Waals surface area contributed by atoms with Crippen molar-refractivity contribution in [2.24, 2.45) is 5.73 Å². The molecule has 70 valence electrons. The van der Waals surface area contributed by atoms with Gasteiger partial charge in [0, 0.05) is 19.5 Å². The lowest BCUT2D eigenvalue weighted by molar-refractivity contribution is 0.933. The molecular formula is C8H13N5. The molecule has 0 saturated heterocycles. The Morgan fingerprint density at radius 3 is 2.77 bits per heavy atom. The van der Waals surface area contributed by atoms with Gasteiger partial charge in [0.15, 0.2) is 0 Å². The first-order chi connectivity index (χ1) is 6.17. The summed E-state index contributed by atoms with van der Waals surface area (Å²) in [7, 11) is 1.77. The number of rotatable bonds is 3. The highest BCUT2D eigenvalue weighted by Crippen LogP contribution is 2.05. The van der Waals surface area contributed by atoms with Crippen molar-refractivity contribution in [2.45, 2.75) is 13.3 Å². The second-order valence-corrected chi connectivity index (χ2v) is 2.57. The molecule has 0 saturated carbocycles. The summed E-state index contributed by atoms with van der Waals surface area (Å²) in [6.45, 7) is 1.96. The van der Waals surface area contributed by atoms with E-state index in [1.54, 1.807) is 13.1 Å². The van der Waals surface area contributed by atoms with Gasteiger partial charge in [0.05, 0.1) is 0 Å². The number of nitrogens with zero attached hydrogens (tertiary/aromatic N) is 2. The maximum absolute atomic E-state index is 7.24. The molecule has 0 bridgehead atoms. The van der Waals surface area contributed by atoms with Gasteiger partial charge in [-0.25, -0.2) is 9.97 Å². The van der Waals surface area contributed by atoms with Gasteiger partial charge in [-0.2, -0.15) is 0 Å². The first-order valence-electron chi connectivity index (χ1n) is 4.07. The zero-order valence-electron chi connectivity index (χ0n) is 7.76. The summed E-state index contributed by atoms with van der Waals surface area (Å²) in [4.78, 5) is 8.28. The highest BCUT2D eigenvalue weighted by Gasteiger charge is 2.03. The van der Waals surface area contributed by atoms with Gasteiger partial charge in [-0.15, -0.1) is 0 Å². The molecule has 1 aromatic heterocycles. The van der Waals surface area contributed by atoms with Gasteiger partial charge in [-0.1, -0.05) is 6.92 Å². The van der Waals surface area contributed by atoms with Gasteiger partial charge in [-0.05, 0) is 0 Å². The summed E-state index contributed by atoms with van der Waals surface area (Å²) in [6.07, 6.45) is 0.732. The van der Waals surface area contributed by atoms with Crippen molar-refractivity contribution in [3.8, 4) is 0 Å². The highest BCUT2D eigenvalue weighted by atomic mass is 15.0. The summed E-state index contributed by atoms with van der Waals surface area (Å²) in [5.41, 5.74) is 5.79. The van der Waals surface area contributed by atoms with Crippen LogP contribution in [0.3, 0.4) is 0 Å². The molecule has 1 aromatic rings. The Kier molecular flexibility index (Phi) is 2.79. The fourth-order valence-corrected chi connectivity index (χ4v) is 0.921. The smallest absolute Gasteiger partial charge is 0.142 e. The Labute approximate surface area is 76.9 Å². The zero-order valence-corrected chi connectivity index (χ0v) is 7.76. The zero-order chi connectivity index (χ0) is 9.84. The van der Waals surface area contributed by atoms with Crippen LogP contribution in [0.1, 0.15) is 18.4 Å². The number of aryl methyl sites for hydroxylation is 1. The van der Waals surface area contributed by atoms with E-state index in [2.05, 4.69) is 15.3 Å². The number of nitrogen functional groups attached to an aromatic ring is 1. The number of anilines is 1. The van der Waals surface area contributed by atoms with Gasteiger partial charge in [0.25, 0.3) is 0 Å². The van der Waals surface area contributed by atoms with Crippen LogP contribution in [-0.2, 0) is 6.42 Å². The molecule has 5 heteroatoms. The molecule has 0 unspecified atom stereocenters. The summed E-state index contributed by atoms with van der Waals surface area (Å²) < 4.78 is 0. The van der Waals surface area contributed by atoms with E-state index in [4.69, 9.17) is 11.1 Å². The van der Waals surface area contributed by atoms with Crippen LogP contribution >= 0.6 is 0 Å². The summed E-state index contributed by atoms with van der Waals surface area (Å²) in [6, 6.07) is 1.65. The van der Waals surface area contributed by atoms with Gasteiger partial charge in [-0.3, -0.25) is 5.41 Å². The third-order valence-corrected chi connectivity index (χ3v) is 1.62. The first-order valence-corrected chi connectivity index (χ1v) is 4.07. The molecule has 0 amide bonds. The van der Waals surface area contributed by atoms with Crippen LogP contribution in [0.4, 0.5) is 5.82 Å². The number of hydrogen-bond acceptors (Lipinski definition) is 4. The standard InChI is InChI=1S/C8H13N5/c1-3-6-12-5(8(9)10)4-7(11-2)13-6/h4H,3H2,1-2H3,(H3,9,10)(H,11,12,13). The van der Waals surface area contributed by atoms with E-state index in [9.17, 15) is 0 Å². The van der Waals surface area contributed by atoms with E-state index in [0.717, 1.165) is 6.42 Å². The first kappa shape index (κ1) is 9.44. The molecule has 5 nitrogen and oxygen atoms in total. The number of hydrogen-bond donors (Lipinski definition) is 3. The lowest BCUT2D eigenvalue weighted by Gasteiger charge is -2.04. The maximum Gasteiger partial charge on any atom is 0.142 e. The maximum atomic E-state index is 7.24. The van der Waals surface area contributed by atoms with Gasteiger partial charge in [0.2, 0.25) is 0 Å². The molecule has 1 rings (SSSR count). The Hall–Kier alpha value is -1.65. The van der Waals surface area contributed by atoms with Crippen molar-refractivity contribution >= 4 is 11.7 Å². The average Bonchev–Trinajstić information content (AvgIpc) is 2.16. The van der Waals surface area contributed by atoms with Crippen molar-refractivity contribution in [3.63, 3.8) is 0 Å². The molecule has 0 aliphatic heterocycles. The highest BCUT2D eigenvalue weighted by molar-refractivity contribution is 5.93. The van der Waals surface area contributed by atoms with E-state index >= 15 is 0 Å². The van der Waals surface area contributed by atoms with Crippen LogP contribution < -0.4 is 11.1 Å². The molecule has 0 spiro atoms. The fourth-order valence-electron chi connectivity index (χ4n) is 0.921. The molecule has 0 radical (unpaired) electrons. The average molecular weight is 179 g/mol. The number of nitrogens with two attached hydrogens (primary N) is 1. The minimum absolute atomic E-state index is 0.0337. The number of amidine groups is 1. The molecule has 13 heavy (non-hydrogen) atoms. The topological polar surface area (TPSA) is 87.7 Å². The van der Waals surface area contributed by atoms with Crippen LogP contribution in [0.2, 0.25) is 0 Å². The minimum Gasteiger partial charge on any atom is -0.382 e. The molecule has 1 heterocycles. The molecular weight excluding hydrogens is 166 g/mol. The van der Waals surface area contributed by atoms with Crippen LogP contribution in [0.25, 0.3) is 0 Å². The van der Waals surface area contributed by atoms with Crippen LogP contribution in [-0.4, -0.2) is 22.9 Å². The molecule has 0 fully saturated rings. The lowest BCUT2D eigenvalue weighted by Crippen LogP contribution is -2.15. The molecule has 0 aliphatic carbocycles. The van der Waals surface area contributed by atoms with E-state index in [-0.39, 0.29) is 5.84 Å². The summed E-state index contributed by atoms with van der Waals surface area (Å²) in [5.74, 6) is 1.35. The van der Waals surface area contributed by atoms with Gasteiger partial charge >= 0.3 is 0 Å². The quantitative estimate of drug-likeness (QED) is 0.462. The van der Waals surface area contributed by atoms with Crippen LogP contribution in [0, 0.1) is 5.41 Å². The second kappa shape index (κ2) is 3.84. The predicted octanol–water partition coefficient (Wildman–Crippen LogP) is 0.365. The SMILES string of the molecule is CCc1nc(NC)cc(C(=N)N)n1. The van der Waals surface area contributed by atoms with Crippen LogP contribution in [0.5, 0.6) is 0 Å². The fraction of sp³-hybridized carbons (Fsp3) is 0.375. The molecule has 0 aromatic carbocycles. The van der Waals surface area contributed by atoms with E-state index in [1.165, 1.54) is 0 Å². The monoisotopic (exact) mass is 179 g/mol. The van der Waals surface area contributed by atoms with Crippen molar-refractivity contribution in [1.29, 1.82) is 5.41 Å². The van der Waals surface area contributed by atoms with Crippen molar-refractivity contribution in [2.75, 3.05) is 12.4 Å². The Bertz CT molecular complexity index is 298. The minimum atomic E-state index is -0.0337. The normalized spacial score (nSPS) is 9.69. The lowest BCUT2D eigenvalue weighted by atomic mass is 10.3. The Balaban J connectivity index is 3.14. The molecule has 4 N–H and O–H groups in total. The van der Waals surface area contributed by atoms with Gasteiger partial charge < -0.3 is 11.1 Å². The summed E-state index contributed by atoms with van der Waals surface area (Å²) in [5, 5.41) is 10.1. The molecule has 0 atom stereocenters. The van der Waals surface area contributed by atoms with Crippen LogP contribution in [0.15, 0.2) is 6.07 Å². The Morgan fingerprint density at radius 2 is 2.31 bits per heavy atom. The largest absolute Gasteiger partial charge is 0.382 e. The van der Waals surface area contributed by atoms with Gasteiger partial charge in [0.1, 0.15) is 23.2 Å². The van der Waals surface area contributed by atoms with E-state index in [0.29, 0.717) is 17.3 Å². The van der Waals surface area contributed by atoms with Crippen molar-refractivity contribution < 1.29 is 0 Å². The third-order valence-electron chi connectivity index (χ3n) is 1.62. The second-order valence-electron chi connectivity index (χ2n) is 2.57. The number of aromatic nitrogens is 2. The molecule has 0 aliphatic rings. The van der Waals surface area contributed by atoms with E-state index < -0.39 is 0 Å². The predicted molar refractivity (Wildman–Crippen MR) is 52.0 cm³/mol. The Morgan fingerprint density at radius 1 is 1.62 bits per heavy atom. The summed E-state index contributed by atoms with van der Waals surface area (Å²) >= 11 is 0. The third kappa shape index (κ3) is 2.14. The van der Waals surface area contributed by atoms with E-state index in [1.807, 2.05) is 6.92 Å².